The number of rotatable bonds is 4. The van der Waals surface area contributed by atoms with Crippen molar-refractivity contribution < 1.29 is 14.3 Å². The lowest BCUT2D eigenvalue weighted by atomic mass is 9.96. The van der Waals surface area contributed by atoms with E-state index in [0.29, 0.717) is 19.1 Å². The topological polar surface area (TPSA) is 43.7 Å². The zero-order valence-electron chi connectivity index (χ0n) is 13.6. The predicted octanol–water partition coefficient (Wildman–Crippen LogP) is 2.82. The van der Waals surface area contributed by atoms with Crippen molar-refractivity contribution in [1.82, 2.24) is 9.47 Å². The Morgan fingerprint density at radius 2 is 1.96 bits per heavy atom. The maximum atomic E-state index is 12.9. The summed E-state index contributed by atoms with van der Waals surface area (Å²) in [7, 11) is 0. The molecule has 0 atom stereocenters. The van der Waals surface area contributed by atoms with E-state index < -0.39 is 0 Å². The summed E-state index contributed by atoms with van der Waals surface area (Å²) in [6.07, 6.45) is 3.81. The highest BCUT2D eigenvalue weighted by Gasteiger charge is 2.32. The predicted molar refractivity (Wildman–Crippen MR) is 92.2 cm³/mol. The number of hydrogen-bond donors (Lipinski definition) is 0. The van der Waals surface area contributed by atoms with E-state index in [4.69, 9.17) is 9.47 Å². The second-order valence-corrected chi connectivity index (χ2v) is 7.37. The standard InChI is InChI=1S/C18H22N2O3S/c21-17(16-4-1-7-20(16)13-15-3-2-12-24-15)19-8-5-14(6-9-19)18-22-10-11-23-18/h1-4,7,12,14,18H,5-6,8-11,13H2. The van der Waals surface area contributed by atoms with Crippen LogP contribution in [-0.4, -0.2) is 48.0 Å². The average molecular weight is 346 g/mol. The van der Waals surface area contributed by atoms with Crippen LogP contribution in [0.4, 0.5) is 0 Å². The lowest BCUT2D eigenvalue weighted by Gasteiger charge is -2.34. The van der Waals surface area contributed by atoms with E-state index in [-0.39, 0.29) is 12.2 Å². The number of piperidine rings is 1. The van der Waals surface area contributed by atoms with Gasteiger partial charge in [-0.05, 0) is 36.4 Å². The monoisotopic (exact) mass is 346 g/mol. The van der Waals surface area contributed by atoms with Crippen molar-refractivity contribution in [3.63, 3.8) is 0 Å². The number of ether oxygens (including phenoxy) is 2. The molecular formula is C18H22N2O3S. The van der Waals surface area contributed by atoms with E-state index in [1.807, 2.05) is 33.9 Å². The van der Waals surface area contributed by atoms with E-state index in [9.17, 15) is 4.79 Å². The number of hydrogen-bond acceptors (Lipinski definition) is 4. The van der Waals surface area contributed by atoms with Crippen molar-refractivity contribution in [1.29, 1.82) is 0 Å². The van der Waals surface area contributed by atoms with Crippen molar-refractivity contribution >= 4 is 17.2 Å². The van der Waals surface area contributed by atoms with E-state index in [2.05, 4.69) is 11.4 Å². The van der Waals surface area contributed by atoms with Gasteiger partial charge < -0.3 is 18.9 Å². The van der Waals surface area contributed by atoms with Crippen LogP contribution in [-0.2, 0) is 16.0 Å². The van der Waals surface area contributed by atoms with E-state index >= 15 is 0 Å². The van der Waals surface area contributed by atoms with Gasteiger partial charge in [0.2, 0.25) is 0 Å². The number of aromatic nitrogens is 1. The van der Waals surface area contributed by atoms with Crippen molar-refractivity contribution in [2.24, 2.45) is 5.92 Å². The molecule has 5 nitrogen and oxygen atoms in total. The maximum Gasteiger partial charge on any atom is 0.270 e. The molecule has 4 heterocycles. The molecule has 0 N–H and O–H groups in total. The molecule has 2 aliphatic heterocycles. The summed E-state index contributed by atoms with van der Waals surface area (Å²) in [4.78, 5) is 16.1. The fraction of sp³-hybridized carbons (Fsp3) is 0.500. The van der Waals surface area contributed by atoms with Gasteiger partial charge in [-0.2, -0.15) is 0 Å². The molecule has 2 aromatic rings. The number of thiophene rings is 1. The van der Waals surface area contributed by atoms with Gasteiger partial charge in [0.15, 0.2) is 6.29 Å². The summed E-state index contributed by atoms with van der Waals surface area (Å²) in [5, 5.41) is 2.07. The van der Waals surface area contributed by atoms with Gasteiger partial charge in [0.25, 0.3) is 5.91 Å². The first-order valence-corrected chi connectivity index (χ1v) is 9.39. The lowest BCUT2D eigenvalue weighted by Crippen LogP contribution is -2.42. The van der Waals surface area contributed by atoms with Crippen LogP contribution in [0.2, 0.25) is 0 Å². The van der Waals surface area contributed by atoms with Crippen LogP contribution in [0.1, 0.15) is 28.2 Å². The minimum Gasteiger partial charge on any atom is -0.350 e. The van der Waals surface area contributed by atoms with Gasteiger partial charge >= 0.3 is 0 Å². The molecule has 2 aliphatic rings. The van der Waals surface area contributed by atoms with Crippen molar-refractivity contribution in [3.8, 4) is 0 Å². The first kappa shape index (κ1) is 15.9. The van der Waals surface area contributed by atoms with Crippen LogP contribution < -0.4 is 0 Å². The van der Waals surface area contributed by atoms with Gasteiger partial charge in [-0.15, -0.1) is 11.3 Å². The Hall–Kier alpha value is -1.63. The highest BCUT2D eigenvalue weighted by Crippen LogP contribution is 2.26. The summed E-state index contributed by atoms with van der Waals surface area (Å²) >= 11 is 1.72. The average Bonchev–Trinajstić information content (AvgIpc) is 3.37. The third-order valence-corrected chi connectivity index (χ3v) is 5.68. The zero-order chi connectivity index (χ0) is 16.4. The molecule has 0 spiro atoms. The van der Waals surface area contributed by atoms with Crippen molar-refractivity contribution in [3.05, 3.63) is 46.4 Å². The second kappa shape index (κ2) is 7.09. The normalized spacial score (nSPS) is 19.9. The molecule has 0 unspecified atom stereocenters. The second-order valence-electron chi connectivity index (χ2n) is 6.34. The van der Waals surface area contributed by atoms with Crippen LogP contribution in [0, 0.1) is 5.92 Å². The maximum absolute atomic E-state index is 12.9. The van der Waals surface area contributed by atoms with Crippen molar-refractivity contribution in [2.45, 2.75) is 25.7 Å². The molecule has 2 saturated heterocycles. The van der Waals surface area contributed by atoms with E-state index in [1.54, 1.807) is 11.3 Å². The molecule has 0 aromatic carbocycles. The quantitative estimate of drug-likeness (QED) is 0.855. The molecule has 4 rings (SSSR count). The molecule has 2 aromatic heterocycles. The van der Waals surface area contributed by atoms with Crippen LogP contribution >= 0.6 is 11.3 Å². The molecular weight excluding hydrogens is 324 g/mol. The minimum atomic E-state index is -0.0649. The molecule has 6 heteroatoms. The highest BCUT2D eigenvalue weighted by atomic mass is 32.1. The fourth-order valence-corrected chi connectivity index (χ4v) is 4.20. The first-order valence-electron chi connectivity index (χ1n) is 8.51. The summed E-state index contributed by atoms with van der Waals surface area (Å²) in [6, 6.07) is 8.02. The van der Waals surface area contributed by atoms with E-state index in [1.165, 1.54) is 4.88 Å². The number of nitrogens with zero attached hydrogens (tertiary/aromatic N) is 2. The molecule has 24 heavy (non-hydrogen) atoms. The fourth-order valence-electron chi connectivity index (χ4n) is 3.50. The third kappa shape index (κ3) is 3.27. The van der Waals surface area contributed by atoms with Crippen LogP contribution in [0.25, 0.3) is 0 Å². The smallest absolute Gasteiger partial charge is 0.270 e. The molecule has 2 fully saturated rings. The first-order chi connectivity index (χ1) is 11.8. The Morgan fingerprint density at radius 1 is 1.17 bits per heavy atom. The van der Waals surface area contributed by atoms with Crippen molar-refractivity contribution in [2.75, 3.05) is 26.3 Å². The van der Waals surface area contributed by atoms with Gasteiger partial charge in [0.1, 0.15) is 5.69 Å². The zero-order valence-corrected chi connectivity index (χ0v) is 14.4. The van der Waals surface area contributed by atoms with Gasteiger partial charge in [-0.3, -0.25) is 4.79 Å². The van der Waals surface area contributed by atoms with Gasteiger partial charge in [-0.25, -0.2) is 0 Å². The SMILES string of the molecule is O=C(c1cccn1Cc1cccs1)N1CCC(C2OCCO2)CC1. The molecule has 128 valence electrons. The van der Waals surface area contributed by atoms with Gasteiger partial charge in [0, 0.05) is 30.1 Å². The Labute approximate surface area is 145 Å². The molecule has 0 aliphatic carbocycles. The van der Waals surface area contributed by atoms with Crippen LogP contribution in [0.3, 0.4) is 0 Å². The van der Waals surface area contributed by atoms with Crippen LogP contribution in [0.15, 0.2) is 35.8 Å². The number of carbonyl (C=O) groups is 1. The Kier molecular flexibility index (Phi) is 4.69. The number of carbonyl (C=O) groups excluding carboxylic acids is 1. The number of amides is 1. The summed E-state index contributed by atoms with van der Waals surface area (Å²) in [5.74, 6) is 0.540. The largest absolute Gasteiger partial charge is 0.350 e. The Morgan fingerprint density at radius 3 is 2.67 bits per heavy atom. The molecule has 1 amide bonds. The Balaban J connectivity index is 1.39. The molecule has 0 saturated carbocycles. The van der Waals surface area contributed by atoms with E-state index in [0.717, 1.165) is 38.2 Å². The third-order valence-electron chi connectivity index (χ3n) is 4.81. The summed E-state index contributed by atoms with van der Waals surface area (Å²) in [5.41, 5.74) is 0.773. The van der Waals surface area contributed by atoms with Crippen LogP contribution in [0.5, 0.6) is 0 Å². The highest BCUT2D eigenvalue weighted by molar-refractivity contribution is 7.09. The van der Waals surface area contributed by atoms with Gasteiger partial charge in [-0.1, -0.05) is 6.07 Å². The minimum absolute atomic E-state index is 0.0649. The lowest BCUT2D eigenvalue weighted by molar-refractivity contribution is -0.0956. The summed E-state index contributed by atoms with van der Waals surface area (Å²) in [6.45, 7) is 3.69. The summed E-state index contributed by atoms with van der Waals surface area (Å²) < 4.78 is 13.3. The Bertz CT molecular complexity index is 668. The van der Waals surface area contributed by atoms with Gasteiger partial charge in [0.05, 0.1) is 19.8 Å². The number of likely N-dealkylation sites (tertiary alicyclic amines) is 1. The molecule has 0 bridgehead atoms. The molecule has 0 radical (unpaired) electrons.